The van der Waals surface area contributed by atoms with E-state index < -0.39 is 0 Å². The molecule has 1 aliphatic rings. The van der Waals surface area contributed by atoms with Crippen molar-refractivity contribution in [3.05, 3.63) is 33.8 Å². The van der Waals surface area contributed by atoms with Crippen LogP contribution >= 0.6 is 23.2 Å². The maximum absolute atomic E-state index is 6.11. The van der Waals surface area contributed by atoms with E-state index in [4.69, 9.17) is 23.2 Å². The highest BCUT2D eigenvalue weighted by Crippen LogP contribution is 2.27. The number of benzene rings is 1. The minimum atomic E-state index is 0.575. The maximum Gasteiger partial charge on any atom is 0.0624 e. The number of hydrogen-bond donors (Lipinski definition) is 1. The SMILES string of the molecule is Clc1cccc(CC2CCCN2)c1Cl. The second-order valence-corrected chi connectivity index (χ2v) is 4.50. The molecule has 0 aliphatic carbocycles. The number of halogens is 2. The zero-order chi connectivity index (χ0) is 9.97. The Morgan fingerprint density at radius 1 is 1.36 bits per heavy atom. The van der Waals surface area contributed by atoms with Crippen LogP contribution in [-0.4, -0.2) is 12.6 Å². The quantitative estimate of drug-likeness (QED) is 0.821. The van der Waals surface area contributed by atoms with Crippen LogP contribution in [0.1, 0.15) is 18.4 Å². The van der Waals surface area contributed by atoms with Gasteiger partial charge in [-0.15, -0.1) is 0 Å². The molecule has 1 N–H and O–H groups in total. The van der Waals surface area contributed by atoms with Crippen LogP contribution in [0.2, 0.25) is 10.0 Å². The highest BCUT2D eigenvalue weighted by molar-refractivity contribution is 6.42. The van der Waals surface area contributed by atoms with Gasteiger partial charge in [-0.1, -0.05) is 35.3 Å². The first kappa shape index (κ1) is 10.3. The van der Waals surface area contributed by atoms with E-state index in [1.54, 1.807) is 0 Å². The van der Waals surface area contributed by atoms with Gasteiger partial charge < -0.3 is 5.32 Å². The molecule has 1 aromatic rings. The molecule has 1 fully saturated rings. The fourth-order valence-corrected chi connectivity index (χ4v) is 2.30. The largest absolute Gasteiger partial charge is 0.314 e. The predicted octanol–water partition coefficient (Wildman–Crippen LogP) is 3.29. The van der Waals surface area contributed by atoms with Crippen LogP contribution in [-0.2, 0) is 6.42 Å². The van der Waals surface area contributed by atoms with Crippen LogP contribution in [0, 0.1) is 0 Å². The van der Waals surface area contributed by atoms with E-state index >= 15 is 0 Å². The summed E-state index contributed by atoms with van der Waals surface area (Å²) >= 11 is 12.1. The Hall–Kier alpha value is -0.240. The maximum atomic E-state index is 6.11. The summed E-state index contributed by atoms with van der Waals surface area (Å²) in [5.41, 5.74) is 1.15. The van der Waals surface area contributed by atoms with E-state index in [0.717, 1.165) is 18.5 Å². The molecular weight excluding hydrogens is 217 g/mol. The molecule has 76 valence electrons. The molecular formula is C11H13Cl2N. The van der Waals surface area contributed by atoms with E-state index in [1.165, 1.54) is 12.8 Å². The van der Waals surface area contributed by atoms with Gasteiger partial charge in [0.25, 0.3) is 0 Å². The normalized spacial score (nSPS) is 21.4. The fourth-order valence-electron chi connectivity index (χ4n) is 1.90. The Morgan fingerprint density at radius 2 is 2.21 bits per heavy atom. The Kier molecular flexibility index (Phi) is 3.32. The first-order valence-corrected chi connectivity index (χ1v) is 5.69. The number of hydrogen-bond acceptors (Lipinski definition) is 1. The van der Waals surface area contributed by atoms with Crippen molar-refractivity contribution in [1.29, 1.82) is 0 Å². The van der Waals surface area contributed by atoms with Crippen molar-refractivity contribution < 1.29 is 0 Å². The fraction of sp³-hybridized carbons (Fsp3) is 0.455. The zero-order valence-electron chi connectivity index (χ0n) is 7.89. The van der Waals surface area contributed by atoms with Crippen LogP contribution in [0.15, 0.2) is 18.2 Å². The topological polar surface area (TPSA) is 12.0 Å². The Morgan fingerprint density at radius 3 is 2.93 bits per heavy atom. The van der Waals surface area contributed by atoms with Crippen LogP contribution in [0.4, 0.5) is 0 Å². The average molecular weight is 230 g/mol. The van der Waals surface area contributed by atoms with Gasteiger partial charge in [-0.2, -0.15) is 0 Å². The van der Waals surface area contributed by atoms with E-state index in [2.05, 4.69) is 5.32 Å². The molecule has 3 heteroatoms. The smallest absolute Gasteiger partial charge is 0.0624 e. The summed E-state index contributed by atoms with van der Waals surface area (Å²) in [5, 5.41) is 4.82. The molecule has 1 nitrogen and oxygen atoms in total. The van der Waals surface area contributed by atoms with Crippen molar-refractivity contribution in [2.24, 2.45) is 0 Å². The summed E-state index contributed by atoms with van der Waals surface area (Å²) in [5.74, 6) is 0. The molecule has 0 spiro atoms. The molecule has 1 unspecified atom stereocenters. The summed E-state index contributed by atoms with van der Waals surface area (Å²) in [7, 11) is 0. The molecule has 0 radical (unpaired) electrons. The highest BCUT2D eigenvalue weighted by Gasteiger charge is 2.16. The molecule has 1 aromatic carbocycles. The van der Waals surface area contributed by atoms with Crippen molar-refractivity contribution >= 4 is 23.2 Å². The zero-order valence-corrected chi connectivity index (χ0v) is 9.41. The van der Waals surface area contributed by atoms with Crippen molar-refractivity contribution in [1.82, 2.24) is 5.32 Å². The second kappa shape index (κ2) is 4.52. The standard InChI is InChI=1S/C11H13Cl2N/c12-10-5-1-3-8(11(10)13)7-9-4-2-6-14-9/h1,3,5,9,14H,2,4,6-7H2. The minimum Gasteiger partial charge on any atom is -0.314 e. The molecule has 1 atom stereocenters. The molecule has 0 amide bonds. The molecule has 1 aliphatic heterocycles. The van der Waals surface area contributed by atoms with E-state index in [1.807, 2.05) is 18.2 Å². The van der Waals surface area contributed by atoms with Crippen LogP contribution < -0.4 is 5.32 Å². The monoisotopic (exact) mass is 229 g/mol. The molecule has 0 aromatic heterocycles. The third kappa shape index (κ3) is 2.22. The average Bonchev–Trinajstić information content (AvgIpc) is 2.66. The molecule has 2 rings (SSSR count). The van der Waals surface area contributed by atoms with Gasteiger partial charge in [-0.05, 0) is 37.4 Å². The Bertz CT molecular complexity index is 319. The Labute approximate surface area is 94.4 Å². The lowest BCUT2D eigenvalue weighted by atomic mass is 10.0. The predicted molar refractivity (Wildman–Crippen MR) is 61.2 cm³/mol. The summed E-state index contributed by atoms with van der Waals surface area (Å²) in [6, 6.07) is 6.41. The van der Waals surface area contributed by atoms with Crippen LogP contribution in [0.25, 0.3) is 0 Å². The molecule has 14 heavy (non-hydrogen) atoms. The van der Waals surface area contributed by atoms with Gasteiger partial charge in [0.15, 0.2) is 0 Å². The van der Waals surface area contributed by atoms with E-state index in [-0.39, 0.29) is 0 Å². The Balaban J connectivity index is 2.11. The first-order chi connectivity index (χ1) is 6.77. The highest BCUT2D eigenvalue weighted by atomic mass is 35.5. The summed E-state index contributed by atoms with van der Waals surface area (Å²) in [6.07, 6.45) is 3.49. The van der Waals surface area contributed by atoms with Crippen LogP contribution in [0.5, 0.6) is 0 Å². The lowest BCUT2D eigenvalue weighted by Gasteiger charge is -2.11. The summed E-state index contributed by atoms with van der Waals surface area (Å²) in [4.78, 5) is 0. The molecule has 0 bridgehead atoms. The first-order valence-electron chi connectivity index (χ1n) is 4.93. The van der Waals surface area contributed by atoms with Gasteiger partial charge in [0, 0.05) is 6.04 Å². The van der Waals surface area contributed by atoms with Crippen molar-refractivity contribution in [2.75, 3.05) is 6.54 Å². The summed E-state index contributed by atoms with van der Waals surface area (Å²) < 4.78 is 0. The minimum absolute atomic E-state index is 0.575. The third-order valence-electron chi connectivity index (χ3n) is 2.66. The van der Waals surface area contributed by atoms with Crippen LogP contribution in [0.3, 0.4) is 0 Å². The van der Waals surface area contributed by atoms with Crippen molar-refractivity contribution in [3.8, 4) is 0 Å². The van der Waals surface area contributed by atoms with E-state index in [0.29, 0.717) is 16.1 Å². The van der Waals surface area contributed by atoms with Crippen molar-refractivity contribution in [3.63, 3.8) is 0 Å². The lowest BCUT2D eigenvalue weighted by Crippen LogP contribution is -2.23. The lowest BCUT2D eigenvalue weighted by molar-refractivity contribution is 0.603. The molecule has 1 heterocycles. The van der Waals surface area contributed by atoms with Gasteiger partial charge in [0.1, 0.15) is 0 Å². The number of rotatable bonds is 2. The van der Waals surface area contributed by atoms with Gasteiger partial charge in [-0.25, -0.2) is 0 Å². The van der Waals surface area contributed by atoms with Crippen molar-refractivity contribution in [2.45, 2.75) is 25.3 Å². The van der Waals surface area contributed by atoms with Gasteiger partial charge in [0.2, 0.25) is 0 Å². The number of nitrogens with one attached hydrogen (secondary N) is 1. The second-order valence-electron chi connectivity index (χ2n) is 3.71. The van der Waals surface area contributed by atoms with E-state index in [9.17, 15) is 0 Å². The third-order valence-corrected chi connectivity index (χ3v) is 3.52. The van der Waals surface area contributed by atoms with Gasteiger partial charge >= 0.3 is 0 Å². The van der Waals surface area contributed by atoms with Gasteiger partial charge in [-0.3, -0.25) is 0 Å². The van der Waals surface area contributed by atoms with Gasteiger partial charge in [0.05, 0.1) is 10.0 Å². The molecule has 1 saturated heterocycles. The summed E-state index contributed by atoms with van der Waals surface area (Å²) in [6.45, 7) is 1.13. The molecule has 0 saturated carbocycles.